The van der Waals surface area contributed by atoms with Crippen LogP contribution in [-0.2, 0) is 16.0 Å². The highest BCUT2D eigenvalue weighted by atomic mass is 16.5. The highest BCUT2D eigenvalue weighted by Crippen LogP contribution is 2.15. The van der Waals surface area contributed by atoms with Gasteiger partial charge in [-0.15, -0.1) is 0 Å². The van der Waals surface area contributed by atoms with Crippen molar-refractivity contribution in [1.82, 2.24) is 15.3 Å². The van der Waals surface area contributed by atoms with Gasteiger partial charge in [-0.05, 0) is 31.9 Å². The third kappa shape index (κ3) is 3.76. The predicted molar refractivity (Wildman–Crippen MR) is 87.3 cm³/mol. The first-order valence-corrected chi connectivity index (χ1v) is 8.02. The number of benzene rings is 1. The fourth-order valence-corrected chi connectivity index (χ4v) is 2.90. The van der Waals surface area contributed by atoms with Gasteiger partial charge in [-0.25, -0.2) is 4.98 Å². The predicted octanol–water partition coefficient (Wildman–Crippen LogP) is 1.54. The largest absolute Gasteiger partial charge is 0.376 e. The van der Waals surface area contributed by atoms with Gasteiger partial charge in [-0.2, -0.15) is 0 Å². The van der Waals surface area contributed by atoms with E-state index < -0.39 is 0 Å². The Hall–Kier alpha value is -2.21. The first kappa shape index (κ1) is 15.7. The van der Waals surface area contributed by atoms with E-state index in [1.165, 1.54) is 0 Å². The van der Waals surface area contributed by atoms with Crippen molar-refractivity contribution < 1.29 is 9.53 Å². The van der Waals surface area contributed by atoms with E-state index in [1.807, 2.05) is 13.0 Å². The molecule has 2 atom stereocenters. The molecule has 2 unspecified atom stereocenters. The molecule has 122 valence electrons. The van der Waals surface area contributed by atoms with E-state index in [-0.39, 0.29) is 23.6 Å². The number of aromatic nitrogens is 2. The van der Waals surface area contributed by atoms with E-state index in [1.54, 1.807) is 18.2 Å². The van der Waals surface area contributed by atoms with E-state index in [2.05, 4.69) is 15.3 Å². The molecule has 23 heavy (non-hydrogen) atoms. The molecule has 6 nitrogen and oxygen atoms in total. The summed E-state index contributed by atoms with van der Waals surface area (Å²) in [4.78, 5) is 31.2. The molecular formula is C17H21N3O3. The van der Waals surface area contributed by atoms with Gasteiger partial charge in [0.2, 0.25) is 5.91 Å². The van der Waals surface area contributed by atoms with Gasteiger partial charge in [0.05, 0.1) is 23.0 Å². The summed E-state index contributed by atoms with van der Waals surface area (Å²) in [6.07, 6.45) is 2.84. The maximum atomic E-state index is 12.0. The number of ether oxygens (including phenoxy) is 1. The lowest BCUT2D eigenvalue weighted by atomic mass is 10.1. The average Bonchev–Trinajstić information content (AvgIpc) is 3.07. The number of H-pyrrole nitrogens is 1. The Morgan fingerprint density at radius 2 is 2.30 bits per heavy atom. The smallest absolute Gasteiger partial charge is 0.258 e. The normalized spacial score (nSPS) is 18.9. The van der Waals surface area contributed by atoms with Crippen LogP contribution in [0.4, 0.5) is 0 Å². The molecule has 2 heterocycles. The highest BCUT2D eigenvalue weighted by Gasteiger charge is 2.23. The topological polar surface area (TPSA) is 84.1 Å². The molecule has 1 aliphatic heterocycles. The molecule has 3 rings (SSSR count). The second kappa shape index (κ2) is 6.91. The molecule has 2 aromatic rings. The maximum absolute atomic E-state index is 12.0. The van der Waals surface area contributed by atoms with Crippen LogP contribution in [-0.4, -0.2) is 34.6 Å². The number of para-hydroxylation sites is 1. The molecule has 1 amide bonds. The molecule has 0 bridgehead atoms. The van der Waals surface area contributed by atoms with Gasteiger partial charge in [0, 0.05) is 19.4 Å². The van der Waals surface area contributed by atoms with Crippen LogP contribution in [0.15, 0.2) is 29.1 Å². The summed E-state index contributed by atoms with van der Waals surface area (Å²) in [5, 5.41) is 3.52. The first-order valence-electron chi connectivity index (χ1n) is 8.02. The highest BCUT2D eigenvalue weighted by molar-refractivity contribution is 5.78. The van der Waals surface area contributed by atoms with Gasteiger partial charge < -0.3 is 15.0 Å². The minimum atomic E-state index is -0.168. The molecule has 1 aromatic heterocycles. The Labute approximate surface area is 134 Å². The van der Waals surface area contributed by atoms with Crippen LogP contribution in [0.5, 0.6) is 0 Å². The van der Waals surface area contributed by atoms with Crippen molar-refractivity contribution in [2.75, 3.05) is 6.61 Å². The van der Waals surface area contributed by atoms with Crippen LogP contribution in [0.25, 0.3) is 10.9 Å². The van der Waals surface area contributed by atoms with E-state index in [0.29, 0.717) is 29.6 Å². The Balaban J connectivity index is 1.59. The monoisotopic (exact) mass is 315 g/mol. The molecule has 0 spiro atoms. The first-order chi connectivity index (χ1) is 11.1. The molecule has 1 aromatic carbocycles. The zero-order chi connectivity index (χ0) is 16.2. The lowest BCUT2D eigenvalue weighted by Crippen LogP contribution is -2.40. The third-order valence-electron chi connectivity index (χ3n) is 4.16. The number of aromatic amines is 1. The summed E-state index contributed by atoms with van der Waals surface area (Å²) in [6.45, 7) is 2.73. The van der Waals surface area contributed by atoms with Crippen LogP contribution < -0.4 is 10.9 Å². The maximum Gasteiger partial charge on any atom is 0.258 e. The number of aryl methyl sites for hydroxylation is 1. The molecule has 6 heteroatoms. The average molecular weight is 315 g/mol. The number of hydrogen-bond donors (Lipinski definition) is 2. The van der Waals surface area contributed by atoms with Crippen LogP contribution in [0.3, 0.4) is 0 Å². The summed E-state index contributed by atoms with van der Waals surface area (Å²) in [7, 11) is 0. The van der Waals surface area contributed by atoms with E-state index in [9.17, 15) is 9.59 Å². The van der Waals surface area contributed by atoms with Gasteiger partial charge in [0.1, 0.15) is 5.82 Å². The summed E-state index contributed by atoms with van der Waals surface area (Å²) in [5.74, 6) is 0.484. The number of carbonyl (C=O) groups is 1. The number of rotatable bonds is 5. The van der Waals surface area contributed by atoms with Crippen LogP contribution in [0.1, 0.15) is 32.0 Å². The number of carbonyl (C=O) groups excluding carboxylic acids is 1. The van der Waals surface area contributed by atoms with Gasteiger partial charge in [0.15, 0.2) is 0 Å². The quantitative estimate of drug-likeness (QED) is 0.876. The minimum Gasteiger partial charge on any atom is -0.376 e. The fraction of sp³-hybridized carbons (Fsp3) is 0.471. The summed E-state index contributed by atoms with van der Waals surface area (Å²) < 4.78 is 5.57. The van der Waals surface area contributed by atoms with Crippen molar-refractivity contribution >= 4 is 16.8 Å². The number of nitrogens with one attached hydrogen (secondary N) is 2. The van der Waals surface area contributed by atoms with Crippen LogP contribution >= 0.6 is 0 Å². The van der Waals surface area contributed by atoms with Gasteiger partial charge >= 0.3 is 0 Å². The molecule has 1 aliphatic rings. The lowest BCUT2D eigenvalue weighted by molar-refractivity contribution is -0.122. The number of amides is 1. The number of fused-ring (bicyclic) bond motifs is 1. The Bertz CT molecular complexity index is 750. The molecule has 1 saturated heterocycles. The SMILES string of the molecule is CC(NC(=O)CCc1nc2ccccc2c(=O)[nH]1)C1CCCO1. The van der Waals surface area contributed by atoms with Crippen molar-refractivity contribution in [3.05, 3.63) is 40.4 Å². The Kier molecular flexibility index (Phi) is 4.71. The van der Waals surface area contributed by atoms with E-state index in [4.69, 9.17) is 4.74 Å². The third-order valence-corrected chi connectivity index (χ3v) is 4.16. The zero-order valence-corrected chi connectivity index (χ0v) is 13.2. The van der Waals surface area contributed by atoms with Crippen molar-refractivity contribution in [3.63, 3.8) is 0 Å². The van der Waals surface area contributed by atoms with Crippen LogP contribution in [0, 0.1) is 0 Å². The standard InChI is InChI=1S/C17H21N3O3/c1-11(14-7-4-10-23-14)18-16(21)9-8-15-19-13-6-3-2-5-12(13)17(22)20-15/h2-3,5-6,11,14H,4,7-10H2,1H3,(H,18,21)(H,19,20,22). The van der Waals surface area contributed by atoms with Crippen molar-refractivity contribution in [2.24, 2.45) is 0 Å². The number of hydrogen-bond acceptors (Lipinski definition) is 4. The van der Waals surface area contributed by atoms with Gasteiger partial charge in [-0.1, -0.05) is 12.1 Å². The summed E-state index contributed by atoms with van der Waals surface area (Å²) in [5.41, 5.74) is 0.484. The molecule has 0 saturated carbocycles. The van der Waals surface area contributed by atoms with E-state index in [0.717, 1.165) is 19.4 Å². The summed E-state index contributed by atoms with van der Waals surface area (Å²) >= 11 is 0. The van der Waals surface area contributed by atoms with Crippen LogP contribution in [0.2, 0.25) is 0 Å². The minimum absolute atomic E-state index is 0.00797. The summed E-state index contributed by atoms with van der Waals surface area (Å²) in [6, 6.07) is 7.19. The number of nitrogens with zero attached hydrogens (tertiary/aromatic N) is 1. The molecule has 1 fully saturated rings. The molecular weight excluding hydrogens is 294 g/mol. The second-order valence-corrected chi connectivity index (χ2v) is 5.94. The van der Waals surface area contributed by atoms with Gasteiger partial charge in [-0.3, -0.25) is 9.59 Å². The van der Waals surface area contributed by atoms with E-state index >= 15 is 0 Å². The lowest BCUT2D eigenvalue weighted by Gasteiger charge is -2.19. The Morgan fingerprint density at radius 3 is 3.09 bits per heavy atom. The molecule has 2 N–H and O–H groups in total. The second-order valence-electron chi connectivity index (χ2n) is 5.94. The zero-order valence-electron chi connectivity index (χ0n) is 13.2. The van der Waals surface area contributed by atoms with Crippen molar-refractivity contribution in [3.8, 4) is 0 Å². The van der Waals surface area contributed by atoms with Crippen molar-refractivity contribution in [1.29, 1.82) is 0 Å². The Morgan fingerprint density at radius 1 is 1.48 bits per heavy atom. The van der Waals surface area contributed by atoms with Crippen molar-refractivity contribution in [2.45, 2.75) is 44.8 Å². The fourth-order valence-electron chi connectivity index (χ4n) is 2.90. The molecule has 0 radical (unpaired) electrons. The molecule has 0 aliphatic carbocycles. The van der Waals surface area contributed by atoms with Gasteiger partial charge in [0.25, 0.3) is 5.56 Å².